The molecule has 2 heterocycles. The Kier molecular flexibility index (Phi) is 4.94. The van der Waals surface area contributed by atoms with E-state index in [4.69, 9.17) is 0 Å². The third kappa shape index (κ3) is 3.81. The molecule has 24 heavy (non-hydrogen) atoms. The fourth-order valence-corrected chi connectivity index (χ4v) is 4.17. The first-order valence-electron chi connectivity index (χ1n) is 8.13. The Balaban J connectivity index is 1.65. The molecule has 3 rings (SSSR count). The molecule has 2 aromatic heterocycles. The van der Waals surface area contributed by atoms with E-state index in [1.54, 1.807) is 0 Å². The average Bonchev–Trinajstić information content (AvgIpc) is 2.92. The van der Waals surface area contributed by atoms with Gasteiger partial charge in [-0.15, -0.1) is 11.3 Å². The highest BCUT2D eigenvalue weighted by Crippen LogP contribution is 2.33. The van der Waals surface area contributed by atoms with Crippen LogP contribution >= 0.6 is 11.3 Å². The van der Waals surface area contributed by atoms with Gasteiger partial charge in [0.2, 0.25) is 5.91 Å². The van der Waals surface area contributed by atoms with Crippen LogP contribution in [0.4, 0.5) is 5.13 Å². The Morgan fingerprint density at radius 1 is 1.50 bits per heavy atom. The predicted octanol–water partition coefficient (Wildman–Crippen LogP) is 1.54. The minimum Gasteiger partial charge on any atom is -0.300 e. The van der Waals surface area contributed by atoms with Gasteiger partial charge in [0, 0.05) is 17.1 Å². The zero-order chi connectivity index (χ0) is 17.1. The van der Waals surface area contributed by atoms with Crippen LogP contribution < -0.4 is 16.6 Å². The van der Waals surface area contributed by atoms with E-state index in [1.165, 1.54) is 41.3 Å². The molecule has 128 valence electrons. The molecule has 1 unspecified atom stereocenters. The number of fused-ring (bicyclic) bond motifs is 1. The molecule has 0 saturated heterocycles. The highest BCUT2D eigenvalue weighted by atomic mass is 32.1. The largest absolute Gasteiger partial charge is 0.328 e. The van der Waals surface area contributed by atoms with Gasteiger partial charge in [0.25, 0.3) is 5.56 Å². The van der Waals surface area contributed by atoms with E-state index >= 15 is 0 Å². The molecule has 2 N–H and O–H groups in total. The van der Waals surface area contributed by atoms with Crippen LogP contribution in [-0.2, 0) is 24.2 Å². The van der Waals surface area contributed by atoms with Crippen LogP contribution in [0.2, 0.25) is 0 Å². The summed E-state index contributed by atoms with van der Waals surface area (Å²) in [5.41, 5.74) is 0.00763. The first kappa shape index (κ1) is 16.6. The van der Waals surface area contributed by atoms with Gasteiger partial charge in [-0.2, -0.15) is 0 Å². The lowest BCUT2D eigenvalue weighted by Gasteiger charge is -2.19. The van der Waals surface area contributed by atoms with E-state index in [0.717, 1.165) is 29.5 Å². The Hall–Kier alpha value is -2.22. The van der Waals surface area contributed by atoms with Gasteiger partial charge in [0.05, 0.1) is 5.69 Å². The van der Waals surface area contributed by atoms with Gasteiger partial charge in [0.15, 0.2) is 5.13 Å². The van der Waals surface area contributed by atoms with Crippen molar-refractivity contribution in [1.29, 1.82) is 0 Å². The highest BCUT2D eigenvalue weighted by Gasteiger charge is 2.22. The smallest absolute Gasteiger partial charge is 0.300 e. The van der Waals surface area contributed by atoms with Gasteiger partial charge in [-0.3, -0.25) is 19.1 Å². The minimum absolute atomic E-state index is 0.154. The molecule has 1 aliphatic carbocycles. The number of nitrogens with zero attached hydrogens (tertiary/aromatic N) is 2. The zero-order valence-electron chi connectivity index (χ0n) is 13.5. The second kappa shape index (κ2) is 7.12. The number of rotatable bonds is 5. The predicted molar refractivity (Wildman–Crippen MR) is 92.5 cm³/mol. The second-order valence-corrected chi connectivity index (χ2v) is 7.16. The SMILES string of the molecule is CCCC1CCc2nc(NC(=O)Cn3ccc(=O)[nH]c3=O)sc2C1. The molecule has 0 fully saturated rings. The van der Waals surface area contributed by atoms with Gasteiger partial charge in [0.1, 0.15) is 6.54 Å². The summed E-state index contributed by atoms with van der Waals surface area (Å²) in [5.74, 6) is 0.381. The Labute approximate surface area is 142 Å². The summed E-state index contributed by atoms with van der Waals surface area (Å²) >= 11 is 1.52. The second-order valence-electron chi connectivity index (χ2n) is 6.07. The Morgan fingerprint density at radius 3 is 3.08 bits per heavy atom. The summed E-state index contributed by atoms with van der Waals surface area (Å²) in [4.78, 5) is 42.6. The number of carbonyl (C=O) groups excluding carboxylic acids is 1. The van der Waals surface area contributed by atoms with Crippen LogP contribution in [0.3, 0.4) is 0 Å². The number of anilines is 1. The summed E-state index contributed by atoms with van der Waals surface area (Å²) in [6.07, 6.45) is 6.89. The minimum atomic E-state index is -0.599. The van der Waals surface area contributed by atoms with Crippen LogP contribution in [0.15, 0.2) is 21.9 Å². The van der Waals surface area contributed by atoms with Crippen molar-refractivity contribution in [2.24, 2.45) is 5.92 Å². The number of aromatic nitrogens is 3. The molecule has 7 nitrogen and oxygen atoms in total. The topological polar surface area (TPSA) is 96.8 Å². The maximum absolute atomic E-state index is 12.1. The van der Waals surface area contributed by atoms with E-state index in [9.17, 15) is 14.4 Å². The van der Waals surface area contributed by atoms with Gasteiger partial charge in [-0.05, 0) is 25.2 Å². The van der Waals surface area contributed by atoms with Crippen LogP contribution in [0.25, 0.3) is 0 Å². The lowest BCUT2D eigenvalue weighted by Crippen LogP contribution is -2.32. The lowest BCUT2D eigenvalue weighted by atomic mass is 9.88. The highest BCUT2D eigenvalue weighted by molar-refractivity contribution is 7.15. The summed E-state index contributed by atoms with van der Waals surface area (Å²) in [5, 5.41) is 3.34. The number of amides is 1. The van der Waals surface area contributed by atoms with Crippen molar-refractivity contribution in [2.75, 3.05) is 5.32 Å². The van der Waals surface area contributed by atoms with E-state index < -0.39 is 11.2 Å². The van der Waals surface area contributed by atoms with Crippen LogP contribution in [0.5, 0.6) is 0 Å². The fraction of sp³-hybridized carbons (Fsp3) is 0.500. The van der Waals surface area contributed by atoms with Crippen molar-refractivity contribution in [2.45, 2.75) is 45.6 Å². The Morgan fingerprint density at radius 2 is 2.33 bits per heavy atom. The van der Waals surface area contributed by atoms with Gasteiger partial charge in [-0.1, -0.05) is 19.8 Å². The van der Waals surface area contributed by atoms with Crippen molar-refractivity contribution in [3.05, 3.63) is 43.7 Å². The number of nitrogens with one attached hydrogen (secondary N) is 2. The average molecular weight is 348 g/mol. The molecule has 0 aromatic carbocycles. The molecular formula is C16H20N4O3S. The van der Waals surface area contributed by atoms with E-state index in [-0.39, 0.29) is 12.5 Å². The molecule has 8 heteroatoms. The number of H-pyrrole nitrogens is 1. The number of hydrogen-bond donors (Lipinski definition) is 2. The van der Waals surface area contributed by atoms with Crippen LogP contribution in [0, 0.1) is 5.92 Å². The molecule has 1 amide bonds. The number of thiazole rings is 1. The maximum Gasteiger partial charge on any atom is 0.328 e. The van der Waals surface area contributed by atoms with Gasteiger partial charge in [-0.25, -0.2) is 9.78 Å². The third-order valence-electron chi connectivity index (χ3n) is 4.20. The maximum atomic E-state index is 12.1. The molecule has 0 bridgehead atoms. The first-order chi connectivity index (χ1) is 11.5. The molecule has 0 radical (unpaired) electrons. The molecule has 0 saturated carbocycles. The zero-order valence-corrected chi connectivity index (χ0v) is 14.3. The summed E-state index contributed by atoms with van der Waals surface area (Å²) in [6.45, 7) is 2.05. The molecule has 0 aliphatic heterocycles. The van der Waals surface area contributed by atoms with Crippen molar-refractivity contribution in [3.63, 3.8) is 0 Å². The number of aryl methyl sites for hydroxylation is 1. The standard InChI is InChI=1S/C16H20N4O3S/c1-2-3-10-4-5-11-12(8-10)24-15(17-11)18-14(22)9-20-7-6-13(21)19-16(20)23/h6-7,10H,2-5,8-9H2,1H3,(H,17,18,22)(H,19,21,23). The number of carbonyl (C=O) groups is 1. The summed E-state index contributed by atoms with van der Waals surface area (Å²) in [6, 6.07) is 1.21. The summed E-state index contributed by atoms with van der Waals surface area (Å²) < 4.78 is 1.15. The lowest BCUT2D eigenvalue weighted by molar-refractivity contribution is -0.116. The Bertz CT molecular complexity index is 851. The van der Waals surface area contributed by atoms with E-state index in [1.807, 2.05) is 0 Å². The quantitative estimate of drug-likeness (QED) is 0.856. The normalized spacial score (nSPS) is 16.6. The fourth-order valence-electron chi connectivity index (χ4n) is 3.03. The number of aromatic amines is 1. The first-order valence-corrected chi connectivity index (χ1v) is 8.95. The van der Waals surface area contributed by atoms with E-state index in [0.29, 0.717) is 11.0 Å². The van der Waals surface area contributed by atoms with Crippen LogP contribution in [-0.4, -0.2) is 20.4 Å². The van der Waals surface area contributed by atoms with Crippen molar-refractivity contribution < 1.29 is 4.79 Å². The number of hydrogen-bond acceptors (Lipinski definition) is 5. The monoisotopic (exact) mass is 348 g/mol. The van der Waals surface area contributed by atoms with Gasteiger partial charge >= 0.3 is 5.69 Å². The van der Waals surface area contributed by atoms with Gasteiger partial charge < -0.3 is 5.32 Å². The molecular weight excluding hydrogens is 328 g/mol. The van der Waals surface area contributed by atoms with Crippen molar-refractivity contribution >= 4 is 22.4 Å². The molecule has 0 spiro atoms. The van der Waals surface area contributed by atoms with E-state index in [2.05, 4.69) is 22.2 Å². The molecule has 1 atom stereocenters. The third-order valence-corrected chi connectivity index (χ3v) is 5.23. The van der Waals surface area contributed by atoms with Crippen LogP contribution in [0.1, 0.15) is 36.8 Å². The van der Waals surface area contributed by atoms with Crippen molar-refractivity contribution in [1.82, 2.24) is 14.5 Å². The molecule has 1 aliphatic rings. The summed E-state index contributed by atoms with van der Waals surface area (Å²) in [7, 11) is 0. The van der Waals surface area contributed by atoms with Crippen molar-refractivity contribution in [3.8, 4) is 0 Å². The molecule has 2 aromatic rings.